The summed E-state index contributed by atoms with van der Waals surface area (Å²) in [4.78, 5) is 67.3. The predicted octanol–water partition coefficient (Wildman–Crippen LogP) is 8.31. The monoisotopic (exact) mass is 855 g/mol. The van der Waals surface area contributed by atoms with Crippen molar-refractivity contribution in [2.45, 2.75) is 101 Å². The van der Waals surface area contributed by atoms with E-state index in [9.17, 15) is 19.2 Å². The summed E-state index contributed by atoms with van der Waals surface area (Å²) in [6, 6.07) is 11.3. The van der Waals surface area contributed by atoms with Crippen LogP contribution in [0.5, 0.6) is 17.2 Å². The Bertz CT molecular complexity index is 2560. The third-order valence-corrected chi connectivity index (χ3v) is 12.7. The zero-order chi connectivity index (χ0) is 41.6. The van der Waals surface area contributed by atoms with Crippen LogP contribution in [0.15, 0.2) is 47.0 Å². The first-order valence-electron chi connectivity index (χ1n) is 18.7. The molecule has 9 rings (SSSR count). The van der Waals surface area contributed by atoms with Gasteiger partial charge >= 0.3 is 12.3 Å². The fraction of sp³-hybridized carbons (Fsp3) is 0.395. The highest BCUT2D eigenvalue weighted by Gasteiger charge is 2.83. The van der Waals surface area contributed by atoms with Crippen molar-refractivity contribution in [3.8, 4) is 28.5 Å². The Kier molecular flexibility index (Phi) is 7.87. The number of halogens is 1. The molecule has 0 unspecified atom stereocenters. The SMILES string of the molecule is Cc1cc(OC(=O)OC(C)(C)C)c2c(c1)C(=O)c1ccc3c(c1C2=O)O[C@]12O[C@H](C)[C@H]4[C@@](C)(OC=O)[C@H](Br)c5onc(c5[C@]341)-c1c(OC(=O)OC(C)(C)C)cccc12. The zero-order valence-electron chi connectivity index (χ0n) is 33.0. The maximum atomic E-state index is 15.1. The van der Waals surface area contributed by atoms with Gasteiger partial charge in [0.1, 0.15) is 50.0 Å². The Morgan fingerprint density at radius 2 is 1.53 bits per heavy atom. The molecule has 2 aliphatic heterocycles. The minimum atomic E-state index is -1.85. The van der Waals surface area contributed by atoms with Gasteiger partial charge in [0.2, 0.25) is 5.78 Å². The van der Waals surface area contributed by atoms with Crippen molar-refractivity contribution in [2.24, 2.45) is 5.92 Å². The molecule has 0 bridgehead atoms. The van der Waals surface area contributed by atoms with E-state index in [2.05, 4.69) is 21.1 Å². The van der Waals surface area contributed by atoms with Crippen LogP contribution in [0.1, 0.15) is 120 Å². The number of ketones is 2. The standard InChI is InChI=1S/C43H38BrNO13/c1-18-15-21-26(25(16-18)53-38(50)57-40(6,7)8)32(48)27-20(31(21)47)13-14-23-33(27)55-43-22-11-10-12-24(52-37(49)56-39(3,4)5)28(22)30-29-34(58-45-30)36(44)41(9,51-17-46)35(19(2)54-43)42(23,29)43/h10-17,19,35-36H,1-9H3/t19-,35+,36-,41-,42-,43+/m1/s1. The van der Waals surface area contributed by atoms with Crippen molar-refractivity contribution >= 4 is 46.3 Å². The minimum Gasteiger partial charge on any atom is -0.459 e. The Balaban J connectivity index is 1.31. The van der Waals surface area contributed by atoms with Gasteiger partial charge in [-0.3, -0.25) is 14.4 Å². The van der Waals surface area contributed by atoms with E-state index in [0.29, 0.717) is 40.0 Å². The lowest BCUT2D eigenvalue weighted by Gasteiger charge is -2.52. The summed E-state index contributed by atoms with van der Waals surface area (Å²) >= 11 is 3.77. The molecule has 0 saturated carbocycles. The fourth-order valence-corrected chi connectivity index (χ4v) is 10.4. The highest BCUT2D eigenvalue weighted by atomic mass is 79.9. The number of ether oxygens (including phenoxy) is 7. The predicted molar refractivity (Wildman–Crippen MR) is 204 cm³/mol. The molecule has 300 valence electrons. The van der Waals surface area contributed by atoms with Crippen molar-refractivity contribution in [1.82, 2.24) is 5.16 Å². The van der Waals surface area contributed by atoms with Crippen LogP contribution in [0.4, 0.5) is 9.59 Å². The molecule has 15 heteroatoms. The number of aryl methyl sites for hydroxylation is 1. The summed E-state index contributed by atoms with van der Waals surface area (Å²) < 4.78 is 48.8. The Morgan fingerprint density at radius 1 is 0.862 bits per heavy atom. The van der Waals surface area contributed by atoms with Gasteiger partial charge in [0, 0.05) is 33.7 Å². The third-order valence-electron chi connectivity index (χ3n) is 11.4. The molecule has 5 aliphatic rings. The van der Waals surface area contributed by atoms with Gasteiger partial charge in [-0.1, -0.05) is 39.3 Å². The number of nitrogens with zero attached hydrogens (tertiary/aromatic N) is 1. The summed E-state index contributed by atoms with van der Waals surface area (Å²) in [6.07, 6.45) is -2.73. The topological polar surface area (TPSA) is 176 Å². The number of alkyl halides is 1. The summed E-state index contributed by atoms with van der Waals surface area (Å²) in [5.74, 6) is -3.55. The highest BCUT2D eigenvalue weighted by molar-refractivity contribution is 9.09. The molecular weight excluding hydrogens is 818 g/mol. The lowest BCUT2D eigenvalue weighted by atomic mass is 9.50. The minimum absolute atomic E-state index is 0.0214. The molecule has 1 fully saturated rings. The Morgan fingerprint density at radius 3 is 2.19 bits per heavy atom. The van der Waals surface area contributed by atoms with Gasteiger partial charge in [-0.25, -0.2) is 9.59 Å². The second kappa shape index (κ2) is 12.0. The maximum Gasteiger partial charge on any atom is 0.514 e. The van der Waals surface area contributed by atoms with E-state index >= 15 is 4.79 Å². The number of hydrogen-bond donors (Lipinski definition) is 0. The van der Waals surface area contributed by atoms with E-state index in [0.717, 1.165) is 0 Å². The van der Waals surface area contributed by atoms with E-state index in [1.165, 1.54) is 6.07 Å². The Hall–Kier alpha value is -5.54. The highest BCUT2D eigenvalue weighted by Crippen LogP contribution is 2.78. The van der Waals surface area contributed by atoms with Crippen LogP contribution in [0, 0.1) is 12.8 Å². The molecule has 3 aliphatic carbocycles. The van der Waals surface area contributed by atoms with Crippen molar-refractivity contribution in [3.05, 3.63) is 92.7 Å². The summed E-state index contributed by atoms with van der Waals surface area (Å²) in [5.41, 5.74) is -2.30. The van der Waals surface area contributed by atoms with Crippen LogP contribution in [-0.4, -0.2) is 58.4 Å². The van der Waals surface area contributed by atoms with Gasteiger partial charge in [-0.05, 0) is 92.1 Å². The maximum absolute atomic E-state index is 15.1. The van der Waals surface area contributed by atoms with Crippen molar-refractivity contribution in [3.63, 3.8) is 0 Å². The number of carbonyl (C=O) groups is 5. The van der Waals surface area contributed by atoms with Crippen molar-refractivity contribution in [2.75, 3.05) is 0 Å². The number of fused-ring (bicyclic) bond motifs is 6. The van der Waals surface area contributed by atoms with E-state index in [-0.39, 0.29) is 45.3 Å². The van der Waals surface area contributed by atoms with Crippen molar-refractivity contribution in [1.29, 1.82) is 0 Å². The Labute approximate surface area is 340 Å². The largest absolute Gasteiger partial charge is 0.514 e. The average molecular weight is 857 g/mol. The zero-order valence-corrected chi connectivity index (χ0v) is 34.6. The smallest absolute Gasteiger partial charge is 0.459 e. The molecule has 58 heavy (non-hydrogen) atoms. The molecule has 14 nitrogen and oxygen atoms in total. The third kappa shape index (κ3) is 4.85. The van der Waals surface area contributed by atoms with Crippen LogP contribution in [-0.2, 0) is 34.9 Å². The molecule has 3 heterocycles. The van der Waals surface area contributed by atoms with Crippen LogP contribution in [0.2, 0.25) is 0 Å². The average Bonchev–Trinajstić information content (AvgIpc) is 3.74. The number of benzene rings is 3. The molecular formula is C43H38BrNO13. The lowest BCUT2D eigenvalue weighted by molar-refractivity contribution is -0.187. The molecule has 1 saturated heterocycles. The van der Waals surface area contributed by atoms with Gasteiger partial charge in [0.25, 0.3) is 12.3 Å². The van der Waals surface area contributed by atoms with Crippen LogP contribution >= 0.6 is 15.9 Å². The molecule has 1 aromatic heterocycles. The van der Waals surface area contributed by atoms with Gasteiger partial charge in [0.15, 0.2) is 11.5 Å². The molecule has 3 aromatic carbocycles. The lowest BCUT2D eigenvalue weighted by Crippen LogP contribution is -2.61. The number of hydrogen-bond acceptors (Lipinski definition) is 14. The molecule has 6 atom stereocenters. The second-order valence-electron chi connectivity index (χ2n) is 17.4. The summed E-state index contributed by atoms with van der Waals surface area (Å²) in [7, 11) is 0. The van der Waals surface area contributed by atoms with Crippen LogP contribution in [0.25, 0.3) is 11.3 Å². The van der Waals surface area contributed by atoms with Gasteiger partial charge in [-0.15, -0.1) is 0 Å². The van der Waals surface area contributed by atoms with Gasteiger partial charge < -0.3 is 37.7 Å². The van der Waals surface area contributed by atoms with Crippen LogP contribution < -0.4 is 14.2 Å². The number of rotatable bonds is 4. The van der Waals surface area contributed by atoms with Crippen LogP contribution in [0.3, 0.4) is 0 Å². The molecule has 0 N–H and O–H groups in total. The quantitative estimate of drug-likeness (QED) is 0.0554. The molecule has 0 amide bonds. The van der Waals surface area contributed by atoms with Gasteiger partial charge in [-0.2, -0.15) is 0 Å². The first kappa shape index (κ1) is 38.0. The van der Waals surface area contributed by atoms with E-state index in [4.69, 9.17) is 37.7 Å². The number of carbonyl (C=O) groups excluding carboxylic acids is 5. The first-order chi connectivity index (χ1) is 27.2. The second-order valence-corrected chi connectivity index (χ2v) is 18.3. The van der Waals surface area contributed by atoms with Crippen molar-refractivity contribution < 1.29 is 61.7 Å². The van der Waals surface area contributed by atoms with Gasteiger partial charge in [0.05, 0.1) is 22.8 Å². The molecule has 0 radical (unpaired) electrons. The van der Waals surface area contributed by atoms with E-state index in [1.54, 1.807) is 91.8 Å². The fourth-order valence-electron chi connectivity index (χ4n) is 9.72. The molecule has 1 spiro atoms. The summed E-state index contributed by atoms with van der Waals surface area (Å²) in [6.45, 7) is 15.8. The first-order valence-corrected chi connectivity index (χ1v) is 19.6. The molecule has 4 aromatic rings. The van der Waals surface area contributed by atoms with E-state index < -0.39 is 68.7 Å². The van der Waals surface area contributed by atoms with E-state index in [1.807, 2.05) is 6.92 Å². The normalized spacial score (nSPS) is 26.8. The summed E-state index contributed by atoms with van der Waals surface area (Å²) in [5, 5.41) is 4.57. The number of aromatic nitrogens is 1.